The van der Waals surface area contributed by atoms with Gasteiger partial charge in [-0.3, -0.25) is 4.79 Å². The maximum Gasteiger partial charge on any atom is 0.271 e. The molecule has 0 saturated heterocycles. The van der Waals surface area contributed by atoms with Crippen molar-refractivity contribution in [3.8, 4) is 17.2 Å². The highest BCUT2D eigenvalue weighted by Crippen LogP contribution is 2.33. The number of ether oxygens (including phenoxy) is 3. The molecule has 0 aromatic heterocycles. The molecule has 2 rings (SSSR count). The number of carbonyl (C=O) groups is 1. The summed E-state index contributed by atoms with van der Waals surface area (Å²) in [5, 5.41) is 3.89. The predicted molar refractivity (Wildman–Crippen MR) is 87.6 cm³/mol. The minimum Gasteiger partial charge on any atom is -0.496 e. The van der Waals surface area contributed by atoms with Crippen LogP contribution in [0.25, 0.3) is 0 Å². The summed E-state index contributed by atoms with van der Waals surface area (Å²) >= 11 is 0. The zero-order valence-corrected chi connectivity index (χ0v) is 13.5. The van der Waals surface area contributed by atoms with Gasteiger partial charge in [0, 0.05) is 17.2 Å². The fraction of sp³-hybridized carbons (Fsp3) is 0.176. The van der Waals surface area contributed by atoms with Crippen LogP contribution in [-0.2, 0) is 0 Å². The van der Waals surface area contributed by atoms with Crippen molar-refractivity contribution >= 4 is 12.1 Å². The fourth-order valence-electron chi connectivity index (χ4n) is 1.98. The Morgan fingerprint density at radius 2 is 1.58 bits per heavy atom. The molecule has 0 saturated carbocycles. The number of nitrogens with one attached hydrogen (secondary N) is 1. The lowest BCUT2D eigenvalue weighted by atomic mass is 10.2. The lowest BCUT2D eigenvalue weighted by molar-refractivity contribution is 0.0955. The van der Waals surface area contributed by atoms with Gasteiger partial charge < -0.3 is 14.2 Å². The fourth-order valence-corrected chi connectivity index (χ4v) is 1.98. The Balaban J connectivity index is 2.16. The molecule has 0 radical (unpaired) electrons. The first-order chi connectivity index (χ1) is 11.6. The monoisotopic (exact) mass is 332 g/mol. The van der Waals surface area contributed by atoms with Crippen molar-refractivity contribution in [1.29, 1.82) is 0 Å². The number of carbonyl (C=O) groups excluding carboxylic acids is 1. The molecule has 24 heavy (non-hydrogen) atoms. The maximum atomic E-state index is 12.8. The first kappa shape index (κ1) is 17.3. The van der Waals surface area contributed by atoms with Gasteiger partial charge >= 0.3 is 0 Å². The minimum absolute atomic E-state index is 0.299. The van der Waals surface area contributed by atoms with E-state index in [0.29, 0.717) is 28.4 Å². The highest BCUT2D eigenvalue weighted by molar-refractivity contribution is 5.95. The summed E-state index contributed by atoms with van der Waals surface area (Å²) in [6, 6.07) is 8.48. The van der Waals surface area contributed by atoms with E-state index in [-0.39, 0.29) is 0 Å². The van der Waals surface area contributed by atoms with Gasteiger partial charge in [-0.25, -0.2) is 9.82 Å². The Morgan fingerprint density at radius 1 is 1.00 bits per heavy atom. The SMILES string of the molecule is COc1cc(OC)c(OC)cc1/C=N\NC(=O)c1ccc(F)cc1. The number of halogens is 1. The third kappa shape index (κ3) is 4.01. The average molecular weight is 332 g/mol. The van der Waals surface area contributed by atoms with Crippen LogP contribution >= 0.6 is 0 Å². The molecule has 0 fully saturated rings. The molecule has 1 N–H and O–H groups in total. The summed E-state index contributed by atoms with van der Waals surface area (Å²) in [6.07, 6.45) is 1.42. The van der Waals surface area contributed by atoms with Gasteiger partial charge in [0.1, 0.15) is 11.6 Å². The Hall–Kier alpha value is -3.09. The van der Waals surface area contributed by atoms with Crippen LogP contribution in [0.5, 0.6) is 17.2 Å². The molecule has 0 aliphatic carbocycles. The number of hydrogen-bond acceptors (Lipinski definition) is 5. The molecule has 126 valence electrons. The standard InChI is InChI=1S/C17H17FN2O4/c1-22-14-9-16(24-3)15(23-2)8-12(14)10-19-20-17(21)11-4-6-13(18)7-5-11/h4-10H,1-3H3,(H,20,21)/b19-10-. The second-order valence-corrected chi connectivity index (χ2v) is 4.66. The zero-order valence-electron chi connectivity index (χ0n) is 13.5. The van der Waals surface area contributed by atoms with Crippen molar-refractivity contribution in [2.45, 2.75) is 0 Å². The predicted octanol–water partition coefficient (Wildman–Crippen LogP) is 2.62. The number of methoxy groups -OCH3 is 3. The summed E-state index contributed by atoms with van der Waals surface area (Å²) in [5.74, 6) is 0.662. The van der Waals surface area contributed by atoms with Gasteiger partial charge in [-0.05, 0) is 30.3 Å². The summed E-state index contributed by atoms with van der Waals surface area (Å²) < 4.78 is 28.5. The highest BCUT2D eigenvalue weighted by Gasteiger charge is 2.10. The third-order valence-corrected chi connectivity index (χ3v) is 3.21. The second-order valence-electron chi connectivity index (χ2n) is 4.66. The second kappa shape index (κ2) is 7.96. The van der Waals surface area contributed by atoms with Crippen LogP contribution in [0, 0.1) is 5.82 Å². The minimum atomic E-state index is -0.453. The van der Waals surface area contributed by atoms with Gasteiger partial charge in [0.05, 0.1) is 27.5 Å². The summed E-state index contributed by atoms with van der Waals surface area (Å²) in [6.45, 7) is 0. The molecule has 2 aromatic rings. The molecule has 2 aromatic carbocycles. The summed E-state index contributed by atoms with van der Waals surface area (Å²) in [5.41, 5.74) is 3.26. The van der Waals surface area contributed by atoms with E-state index >= 15 is 0 Å². The van der Waals surface area contributed by atoms with Gasteiger partial charge in [0.15, 0.2) is 11.5 Å². The molecule has 0 aliphatic rings. The van der Waals surface area contributed by atoms with E-state index in [4.69, 9.17) is 14.2 Å². The van der Waals surface area contributed by atoms with Crippen molar-refractivity contribution in [3.63, 3.8) is 0 Å². The van der Waals surface area contributed by atoms with Gasteiger partial charge in [-0.1, -0.05) is 0 Å². The topological polar surface area (TPSA) is 69.2 Å². The molecule has 0 unspecified atom stereocenters. The Labute approximate surface area is 138 Å². The van der Waals surface area contributed by atoms with E-state index in [2.05, 4.69) is 10.5 Å². The number of hydrazone groups is 1. The van der Waals surface area contributed by atoms with E-state index in [9.17, 15) is 9.18 Å². The number of rotatable bonds is 6. The molecule has 0 aliphatic heterocycles. The van der Waals surface area contributed by atoms with Crippen molar-refractivity contribution in [2.75, 3.05) is 21.3 Å². The number of benzene rings is 2. The van der Waals surface area contributed by atoms with Crippen molar-refractivity contribution in [3.05, 3.63) is 53.3 Å². The van der Waals surface area contributed by atoms with Crippen LogP contribution in [0.1, 0.15) is 15.9 Å². The Bertz CT molecular complexity index is 745. The van der Waals surface area contributed by atoms with Crippen LogP contribution in [0.4, 0.5) is 4.39 Å². The average Bonchev–Trinajstić information content (AvgIpc) is 2.61. The maximum absolute atomic E-state index is 12.8. The Kier molecular flexibility index (Phi) is 5.73. The quantitative estimate of drug-likeness (QED) is 0.652. The summed E-state index contributed by atoms with van der Waals surface area (Å²) in [4.78, 5) is 11.9. The van der Waals surface area contributed by atoms with Crippen molar-refractivity contribution < 1.29 is 23.4 Å². The first-order valence-electron chi connectivity index (χ1n) is 6.98. The van der Waals surface area contributed by atoms with Crippen LogP contribution in [0.3, 0.4) is 0 Å². The van der Waals surface area contributed by atoms with Gasteiger partial charge in [-0.2, -0.15) is 5.10 Å². The van der Waals surface area contributed by atoms with Crippen molar-refractivity contribution in [1.82, 2.24) is 5.43 Å². The number of hydrogen-bond donors (Lipinski definition) is 1. The number of nitrogens with zero attached hydrogens (tertiary/aromatic N) is 1. The normalized spacial score (nSPS) is 10.5. The molecule has 0 bridgehead atoms. The molecule has 1 amide bonds. The van der Waals surface area contributed by atoms with Gasteiger partial charge in [0.25, 0.3) is 5.91 Å². The van der Waals surface area contributed by atoms with Gasteiger partial charge in [0.2, 0.25) is 0 Å². The molecular weight excluding hydrogens is 315 g/mol. The highest BCUT2D eigenvalue weighted by atomic mass is 19.1. The van der Waals surface area contributed by atoms with E-state index in [1.807, 2.05) is 0 Å². The van der Waals surface area contributed by atoms with Crippen molar-refractivity contribution in [2.24, 2.45) is 5.10 Å². The van der Waals surface area contributed by atoms with Gasteiger partial charge in [-0.15, -0.1) is 0 Å². The van der Waals surface area contributed by atoms with E-state index < -0.39 is 11.7 Å². The summed E-state index contributed by atoms with van der Waals surface area (Å²) in [7, 11) is 4.55. The number of amides is 1. The zero-order chi connectivity index (χ0) is 17.5. The molecule has 7 heteroatoms. The van der Waals surface area contributed by atoms with Crippen LogP contribution in [0.15, 0.2) is 41.5 Å². The largest absolute Gasteiger partial charge is 0.496 e. The van der Waals surface area contributed by atoms with Crippen LogP contribution in [0.2, 0.25) is 0 Å². The molecule has 0 heterocycles. The van der Waals surface area contributed by atoms with Crippen LogP contribution < -0.4 is 19.6 Å². The molecule has 0 spiro atoms. The Morgan fingerprint density at radius 3 is 2.17 bits per heavy atom. The molecule has 6 nitrogen and oxygen atoms in total. The van der Waals surface area contributed by atoms with E-state index in [1.54, 1.807) is 12.1 Å². The lowest BCUT2D eigenvalue weighted by Crippen LogP contribution is -2.17. The molecule has 0 atom stereocenters. The first-order valence-corrected chi connectivity index (χ1v) is 6.98. The lowest BCUT2D eigenvalue weighted by Gasteiger charge is -2.11. The van der Waals surface area contributed by atoms with E-state index in [0.717, 1.165) is 0 Å². The van der Waals surface area contributed by atoms with Crippen LogP contribution in [-0.4, -0.2) is 33.5 Å². The van der Waals surface area contributed by atoms with E-state index in [1.165, 1.54) is 51.8 Å². The smallest absolute Gasteiger partial charge is 0.271 e. The third-order valence-electron chi connectivity index (χ3n) is 3.21. The molecular formula is C17H17FN2O4.